The lowest BCUT2D eigenvalue weighted by Crippen LogP contribution is -2.28. The topological polar surface area (TPSA) is 20.2 Å². The number of hydrogen-bond acceptors (Lipinski definition) is 1. The SMILES string of the molecule is C/C=C\C1(O)CCCCC1. The van der Waals surface area contributed by atoms with Crippen LogP contribution in [0.25, 0.3) is 0 Å². The van der Waals surface area contributed by atoms with Gasteiger partial charge in [0.25, 0.3) is 0 Å². The first kappa shape index (κ1) is 7.80. The maximum Gasteiger partial charge on any atom is 0.0827 e. The van der Waals surface area contributed by atoms with Crippen molar-refractivity contribution in [1.82, 2.24) is 0 Å². The Kier molecular flexibility index (Phi) is 2.50. The molecule has 0 aromatic carbocycles. The lowest BCUT2D eigenvalue weighted by Gasteiger charge is -2.28. The Hall–Kier alpha value is -0.300. The predicted octanol–water partition coefficient (Wildman–Crippen LogP) is 2.26. The van der Waals surface area contributed by atoms with Crippen LogP contribution in [0.1, 0.15) is 39.0 Å². The molecule has 0 bridgehead atoms. The Morgan fingerprint density at radius 3 is 2.30 bits per heavy atom. The molecule has 0 saturated heterocycles. The van der Waals surface area contributed by atoms with Crippen molar-refractivity contribution in [2.24, 2.45) is 0 Å². The third-order valence-electron chi connectivity index (χ3n) is 2.20. The van der Waals surface area contributed by atoms with Crippen LogP contribution in [0.4, 0.5) is 0 Å². The van der Waals surface area contributed by atoms with Crippen molar-refractivity contribution in [3.8, 4) is 0 Å². The van der Waals surface area contributed by atoms with Crippen molar-refractivity contribution < 1.29 is 5.11 Å². The van der Waals surface area contributed by atoms with Gasteiger partial charge in [0.15, 0.2) is 0 Å². The summed E-state index contributed by atoms with van der Waals surface area (Å²) in [6.07, 6.45) is 9.45. The van der Waals surface area contributed by atoms with Crippen LogP contribution in [0.15, 0.2) is 12.2 Å². The Morgan fingerprint density at radius 2 is 1.80 bits per heavy atom. The predicted molar refractivity (Wildman–Crippen MR) is 42.8 cm³/mol. The number of rotatable bonds is 1. The minimum Gasteiger partial charge on any atom is -0.386 e. The van der Waals surface area contributed by atoms with E-state index in [0.717, 1.165) is 12.8 Å². The number of aliphatic hydroxyl groups is 1. The van der Waals surface area contributed by atoms with Gasteiger partial charge in [0.1, 0.15) is 0 Å². The molecule has 1 fully saturated rings. The van der Waals surface area contributed by atoms with Gasteiger partial charge in [-0.2, -0.15) is 0 Å². The van der Waals surface area contributed by atoms with Crippen LogP contribution in [0.2, 0.25) is 0 Å². The van der Waals surface area contributed by atoms with Crippen LogP contribution >= 0.6 is 0 Å². The Labute approximate surface area is 62.8 Å². The zero-order valence-electron chi connectivity index (χ0n) is 6.64. The van der Waals surface area contributed by atoms with E-state index in [1.165, 1.54) is 19.3 Å². The van der Waals surface area contributed by atoms with E-state index in [2.05, 4.69) is 0 Å². The number of allylic oxidation sites excluding steroid dienone is 1. The summed E-state index contributed by atoms with van der Waals surface area (Å²) in [5.74, 6) is 0. The van der Waals surface area contributed by atoms with E-state index in [1.54, 1.807) is 0 Å². The second-order valence-electron chi connectivity index (χ2n) is 3.16. The minimum absolute atomic E-state index is 0.451. The molecule has 58 valence electrons. The molecule has 0 aliphatic heterocycles. The summed E-state index contributed by atoms with van der Waals surface area (Å²) in [6, 6.07) is 0. The van der Waals surface area contributed by atoms with Crippen LogP contribution in [0, 0.1) is 0 Å². The fourth-order valence-corrected chi connectivity index (χ4v) is 1.64. The van der Waals surface area contributed by atoms with Crippen LogP contribution in [0.5, 0.6) is 0 Å². The molecule has 0 aromatic rings. The Balaban J connectivity index is 2.48. The molecule has 1 nitrogen and oxygen atoms in total. The average molecular weight is 140 g/mol. The van der Waals surface area contributed by atoms with E-state index in [4.69, 9.17) is 0 Å². The van der Waals surface area contributed by atoms with Crippen LogP contribution in [0.3, 0.4) is 0 Å². The zero-order chi connectivity index (χ0) is 7.45. The molecule has 0 atom stereocenters. The molecule has 0 aromatic heterocycles. The molecule has 0 heterocycles. The largest absolute Gasteiger partial charge is 0.386 e. The van der Waals surface area contributed by atoms with Gasteiger partial charge in [-0.25, -0.2) is 0 Å². The van der Waals surface area contributed by atoms with Gasteiger partial charge >= 0.3 is 0 Å². The summed E-state index contributed by atoms with van der Waals surface area (Å²) in [6.45, 7) is 1.96. The van der Waals surface area contributed by atoms with E-state index < -0.39 is 5.60 Å². The normalized spacial score (nSPS) is 25.4. The summed E-state index contributed by atoms with van der Waals surface area (Å²) in [7, 11) is 0. The van der Waals surface area contributed by atoms with Gasteiger partial charge < -0.3 is 5.11 Å². The van der Waals surface area contributed by atoms with Crippen molar-refractivity contribution in [3.05, 3.63) is 12.2 Å². The van der Waals surface area contributed by atoms with E-state index in [-0.39, 0.29) is 0 Å². The Morgan fingerprint density at radius 1 is 1.20 bits per heavy atom. The lowest BCUT2D eigenvalue weighted by molar-refractivity contribution is 0.0512. The van der Waals surface area contributed by atoms with Crippen LogP contribution in [-0.2, 0) is 0 Å². The molecular weight excluding hydrogens is 124 g/mol. The number of hydrogen-bond donors (Lipinski definition) is 1. The van der Waals surface area contributed by atoms with Gasteiger partial charge in [-0.15, -0.1) is 0 Å². The molecular formula is C9H16O. The van der Waals surface area contributed by atoms with Gasteiger partial charge in [0.05, 0.1) is 5.60 Å². The molecule has 1 rings (SSSR count). The summed E-state index contributed by atoms with van der Waals surface area (Å²) in [5, 5.41) is 9.78. The van der Waals surface area contributed by atoms with E-state index in [0.29, 0.717) is 0 Å². The maximum absolute atomic E-state index is 9.78. The third-order valence-corrected chi connectivity index (χ3v) is 2.20. The molecule has 1 heteroatoms. The molecule has 1 N–H and O–H groups in total. The molecule has 0 radical (unpaired) electrons. The molecule has 10 heavy (non-hydrogen) atoms. The fraction of sp³-hybridized carbons (Fsp3) is 0.778. The highest BCUT2D eigenvalue weighted by molar-refractivity contribution is 5.00. The molecule has 1 aliphatic carbocycles. The minimum atomic E-state index is -0.451. The van der Waals surface area contributed by atoms with Gasteiger partial charge in [-0.3, -0.25) is 0 Å². The zero-order valence-corrected chi connectivity index (χ0v) is 6.64. The lowest BCUT2D eigenvalue weighted by atomic mass is 9.85. The van der Waals surface area contributed by atoms with Gasteiger partial charge in [0, 0.05) is 0 Å². The first-order chi connectivity index (χ1) is 4.77. The first-order valence-corrected chi connectivity index (χ1v) is 4.13. The Bertz CT molecular complexity index is 121. The molecule has 0 amide bonds. The monoisotopic (exact) mass is 140 g/mol. The van der Waals surface area contributed by atoms with E-state index >= 15 is 0 Å². The second-order valence-corrected chi connectivity index (χ2v) is 3.16. The highest BCUT2D eigenvalue weighted by atomic mass is 16.3. The van der Waals surface area contributed by atoms with E-state index in [1.807, 2.05) is 19.1 Å². The molecule has 0 spiro atoms. The first-order valence-electron chi connectivity index (χ1n) is 4.13. The van der Waals surface area contributed by atoms with Crippen molar-refractivity contribution in [3.63, 3.8) is 0 Å². The summed E-state index contributed by atoms with van der Waals surface area (Å²) in [5.41, 5.74) is -0.451. The fourth-order valence-electron chi connectivity index (χ4n) is 1.64. The molecule has 1 aliphatic rings. The van der Waals surface area contributed by atoms with Crippen LogP contribution in [-0.4, -0.2) is 10.7 Å². The van der Waals surface area contributed by atoms with E-state index in [9.17, 15) is 5.11 Å². The average Bonchev–Trinajstić information content (AvgIpc) is 1.89. The van der Waals surface area contributed by atoms with Crippen molar-refractivity contribution in [1.29, 1.82) is 0 Å². The van der Waals surface area contributed by atoms with Gasteiger partial charge in [-0.1, -0.05) is 31.4 Å². The second kappa shape index (κ2) is 3.20. The molecule has 0 unspecified atom stereocenters. The standard InChI is InChI=1S/C9H16O/c1-2-6-9(10)7-4-3-5-8-9/h2,6,10H,3-5,7-8H2,1H3/b6-2-. The van der Waals surface area contributed by atoms with Crippen molar-refractivity contribution in [2.45, 2.75) is 44.6 Å². The smallest absolute Gasteiger partial charge is 0.0827 e. The van der Waals surface area contributed by atoms with Gasteiger partial charge in [0.2, 0.25) is 0 Å². The summed E-state index contributed by atoms with van der Waals surface area (Å²) < 4.78 is 0. The van der Waals surface area contributed by atoms with Gasteiger partial charge in [-0.05, 0) is 19.8 Å². The maximum atomic E-state index is 9.78. The highest BCUT2D eigenvalue weighted by Crippen LogP contribution is 2.28. The van der Waals surface area contributed by atoms with Crippen molar-refractivity contribution in [2.75, 3.05) is 0 Å². The van der Waals surface area contributed by atoms with Crippen LogP contribution < -0.4 is 0 Å². The summed E-state index contributed by atoms with van der Waals surface area (Å²) >= 11 is 0. The van der Waals surface area contributed by atoms with Crippen molar-refractivity contribution >= 4 is 0 Å². The highest BCUT2D eigenvalue weighted by Gasteiger charge is 2.25. The quantitative estimate of drug-likeness (QED) is 0.554. The third kappa shape index (κ3) is 1.84. The summed E-state index contributed by atoms with van der Waals surface area (Å²) in [4.78, 5) is 0. The molecule has 1 saturated carbocycles.